The number of pyridine rings is 1. The van der Waals surface area contributed by atoms with Crippen molar-refractivity contribution in [2.24, 2.45) is 5.41 Å². The molecule has 7 aliphatic rings. The van der Waals surface area contributed by atoms with Gasteiger partial charge < -0.3 is 15.4 Å². The lowest BCUT2D eigenvalue weighted by Crippen LogP contribution is -2.74. The van der Waals surface area contributed by atoms with Crippen LogP contribution in [0.4, 0.5) is 16.3 Å². The predicted octanol–water partition coefficient (Wildman–Crippen LogP) is 4.17. The number of anilines is 2. The van der Waals surface area contributed by atoms with Crippen LogP contribution in [0.25, 0.3) is 0 Å². The van der Waals surface area contributed by atoms with E-state index in [1.165, 1.54) is 6.42 Å². The van der Waals surface area contributed by atoms with Gasteiger partial charge in [0.15, 0.2) is 5.82 Å². The molecule has 0 unspecified atom stereocenters. The molecule has 3 aliphatic heterocycles. The highest BCUT2D eigenvalue weighted by atomic mass is 16.6. The highest BCUT2D eigenvalue weighted by Crippen LogP contribution is 2.69. The first-order chi connectivity index (χ1) is 14.1. The van der Waals surface area contributed by atoms with Crippen LogP contribution < -0.4 is 10.6 Å². The third kappa shape index (κ3) is 3.07. The van der Waals surface area contributed by atoms with Gasteiger partial charge in [0.25, 0.3) is 0 Å². The number of nitrogens with zero attached hydrogens (tertiary/aromatic N) is 2. The number of hydrogen-bond donors (Lipinski definition) is 3. The second-order valence-electron chi connectivity index (χ2n) is 9.70. The van der Waals surface area contributed by atoms with Gasteiger partial charge in [-0.2, -0.15) is 5.10 Å². The van der Waals surface area contributed by atoms with E-state index in [-0.39, 0.29) is 17.7 Å². The fourth-order valence-electron chi connectivity index (χ4n) is 6.22. The molecular formula is C22H27N5O2. The number of carbonyl (C=O) groups excluding carboxylic acids is 1. The van der Waals surface area contributed by atoms with Crippen LogP contribution in [0, 0.1) is 5.41 Å². The number of H-pyrrole nitrogens is 1. The number of amides is 1. The molecule has 152 valence electrons. The van der Waals surface area contributed by atoms with Crippen LogP contribution in [0.2, 0.25) is 0 Å². The minimum atomic E-state index is -0.228. The summed E-state index contributed by atoms with van der Waals surface area (Å²) in [5.41, 5.74) is 3.70. The average molecular weight is 393 g/mol. The predicted molar refractivity (Wildman–Crippen MR) is 108 cm³/mol. The summed E-state index contributed by atoms with van der Waals surface area (Å²) >= 11 is 0. The number of alkyl carbamates (subject to hydrolysis) is 1. The Labute approximate surface area is 170 Å². The van der Waals surface area contributed by atoms with E-state index < -0.39 is 0 Å². The maximum Gasteiger partial charge on any atom is 0.407 e. The second kappa shape index (κ2) is 6.21. The zero-order chi connectivity index (χ0) is 19.5. The van der Waals surface area contributed by atoms with Crippen LogP contribution in [0.15, 0.2) is 24.4 Å². The monoisotopic (exact) mass is 393 g/mol. The lowest BCUT2D eigenvalue weighted by atomic mass is 9.38. The number of carbonyl (C=O) groups is 1. The van der Waals surface area contributed by atoms with E-state index in [0.29, 0.717) is 11.3 Å². The Morgan fingerprint density at radius 3 is 2.97 bits per heavy atom. The van der Waals surface area contributed by atoms with Gasteiger partial charge in [-0.3, -0.25) is 10.1 Å². The number of aromatic amines is 1. The summed E-state index contributed by atoms with van der Waals surface area (Å²) in [6.45, 7) is 0. The third-order valence-electron chi connectivity index (χ3n) is 7.43. The molecule has 0 aromatic carbocycles. The molecule has 2 atom stereocenters. The summed E-state index contributed by atoms with van der Waals surface area (Å²) in [4.78, 5) is 17.0. The molecule has 5 heterocycles. The number of hydrogen-bond acceptors (Lipinski definition) is 5. The van der Waals surface area contributed by atoms with E-state index in [0.717, 1.165) is 74.3 Å². The van der Waals surface area contributed by atoms with Crippen molar-refractivity contribution in [3.8, 4) is 0 Å². The molecule has 8 bridgehead atoms. The van der Waals surface area contributed by atoms with Crippen molar-refractivity contribution in [2.75, 3.05) is 5.32 Å². The smallest absolute Gasteiger partial charge is 0.407 e. The Kier molecular flexibility index (Phi) is 3.71. The van der Waals surface area contributed by atoms with E-state index in [4.69, 9.17) is 4.74 Å². The van der Waals surface area contributed by atoms with Crippen LogP contribution in [-0.2, 0) is 11.2 Å². The topological polar surface area (TPSA) is 91.9 Å². The van der Waals surface area contributed by atoms with Crippen molar-refractivity contribution in [2.45, 2.75) is 75.3 Å². The van der Waals surface area contributed by atoms with E-state index in [1.807, 2.05) is 12.3 Å². The summed E-state index contributed by atoms with van der Waals surface area (Å²) in [5, 5.41) is 14.2. The Hall–Kier alpha value is -2.57. The fraction of sp³-hybridized carbons (Fsp3) is 0.591. The molecule has 7 heteroatoms. The molecule has 3 N–H and O–H groups in total. The van der Waals surface area contributed by atoms with E-state index in [9.17, 15) is 4.79 Å². The number of ether oxygens (including phenoxy) is 1. The maximum absolute atomic E-state index is 12.4. The summed E-state index contributed by atoms with van der Waals surface area (Å²) in [6, 6.07) is 6.19. The van der Waals surface area contributed by atoms with Gasteiger partial charge in [-0.1, -0.05) is 0 Å². The van der Waals surface area contributed by atoms with Crippen LogP contribution in [0.1, 0.15) is 68.7 Å². The number of aromatic nitrogens is 3. The summed E-state index contributed by atoms with van der Waals surface area (Å²) < 4.78 is 5.76. The van der Waals surface area contributed by atoms with E-state index in [2.05, 4.69) is 37.9 Å². The first kappa shape index (κ1) is 17.3. The highest BCUT2D eigenvalue weighted by Gasteiger charge is 2.67. The minimum Gasteiger partial charge on any atom is -0.446 e. The zero-order valence-electron chi connectivity index (χ0n) is 16.5. The number of aryl methyl sites for hydroxylation is 1. The Bertz CT molecular complexity index is 934. The molecule has 4 saturated carbocycles. The zero-order valence-corrected chi connectivity index (χ0v) is 16.5. The minimum absolute atomic E-state index is 0.00846. The fourth-order valence-corrected chi connectivity index (χ4v) is 6.22. The van der Waals surface area contributed by atoms with Crippen molar-refractivity contribution in [1.29, 1.82) is 0 Å². The number of nitrogens with one attached hydrogen (secondary N) is 3. The molecular weight excluding hydrogens is 366 g/mol. The molecule has 0 radical (unpaired) electrons. The molecule has 4 aliphatic carbocycles. The standard InChI is InChI=1S/C22H27N5O2/c28-20-25-22-11-21(12-22,13-22)6-1-2-15-9-16(5-7-23-15)24-19-10-18(26-27-19)14-3-4-17(8-14)29-20/h5,7,9-10,14,17H,1-4,6,8,11-13H2,(H,25,28)(H2,24,26,27)/t14-,17+,21?,22?/m0/s1. The van der Waals surface area contributed by atoms with Crippen LogP contribution in [-0.4, -0.2) is 32.9 Å². The van der Waals surface area contributed by atoms with Crippen molar-refractivity contribution < 1.29 is 9.53 Å². The Balaban J connectivity index is 1.23. The molecule has 1 amide bonds. The van der Waals surface area contributed by atoms with Gasteiger partial charge in [0.05, 0.1) is 0 Å². The summed E-state index contributed by atoms with van der Waals surface area (Å²) in [5.74, 6) is 1.17. The Morgan fingerprint density at radius 1 is 1.17 bits per heavy atom. The lowest BCUT2D eigenvalue weighted by molar-refractivity contribution is -0.155. The molecule has 2 aromatic rings. The van der Waals surface area contributed by atoms with Gasteiger partial charge in [-0.15, -0.1) is 0 Å². The quantitative estimate of drug-likeness (QED) is 0.625. The SMILES string of the molecule is O=C1NC23CC(CCCc4cc(ccn4)Nc4cc([nH]n4)[C@H]4CC[C@H](C4)O1)(C2)C3. The summed E-state index contributed by atoms with van der Waals surface area (Å²) in [7, 11) is 0. The van der Waals surface area contributed by atoms with Gasteiger partial charge in [0, 0.05) is 40.8 Å². The Morgan fingerprint density at radius 2 is 2.07 bits per heavy atom. The highest BCUT2D eigenvalue weighted by molar-refractivity contribution is 5.69. The van der Waals surface area contributed by atoms with Gasteiger partial charge in [0.1, 0.15) is 6.10 Å². The van der Waals surface area contributed by atoms with Gasteiger partial charge in [0.2, 0.25) is 0 Å². The van der Waals surface area contributed by atoms with Crippen LogP contribution >= 0.6 is 0 Å². The van der Waals surface area contributed by atoms with Gasteiger partial charge in [-0.25, -0.2) is 4.79 Å². The largest absolute Gasteiger partial charge is 0.446 e. The van der Waals surface area contributed by atoms with Crippen molar-refractivity contribution in [3.63, 3.8) is 0 Å². The first-order valence-corrected chi connectivity index (χ1v) is 10.8. The van der Waals surface area contributed by atoms with Gasteiger partial charge in [-0.05, 0) is 75.3 Å². The third-order valence-corrected chi connectivity index (χ3v) is 7.43. The van der Waals surface area contributed by atoms with Crippen LogP contribution in [0.5, 0.6) is 0 Å². The van der Waals surface area contributed by atoms with Gasteiger partial charge >= 0.3 is 6.09 Å². The lowest BCUT2D eigenvalue weighted by Gasteiger charge is -2.70. The molecule has 4 fully saturated rings. The molecule has 0 saturated heterocycles. The summed E-state index contributed by atoms with van der Waals surface area (Å²) in [6.07, 6.45) is 11.0. The molecule has 9 rings (SSSR count). The molecule has 7 nitrogen and oxygen atoms in total. The first-order valence-electron chi connectivity index (χ1n) is 10.8. The molecule has 0 spiro atoms. The average Bonchev–Trinajstić information content (AvgIpc) is 3.27. The van der Waals surface area contributed by atoms with E-state index in [1.54, 1.807) is 0 Å². The van der Waals surface area contributed by atoms with Crippen molar-refractivity contribution in [1.82, 2.24) is 20.5 Å². The molecule has 29 heavy (non-hydrogen) atoms. The van der Waals surface area contributed by atoms with Crippen LogP contribution in [0.3, 0.4) is 0 Å². The normalized spacial score (nSPS) is 35.5. The second-order valence-corrected chi connectivity index (χ2v) is 9.70. The molecule has 2 aromatic heterocycles. The number of rotatable bonds is 0. The maximum atomic E-state index is 12.4. The van der Waals surface area contributed by atoms with E-state index >= 15 is 0 Å². The van der Waals surface area contributed by atoms with Crippen molar-refractivity contribution >= 4 is 17.6 Å². The van der Waals surface area contributed by atoms with Crippen molar-refractivity contribution in [3.05, 3.63) is 35.8 Å².